The minimum Gasteiger partial charge on any atom is -0.445 e. The average molecular weight is 371 g/mol. The Labute approximate surface area is 159 Å². The molecule has 0 spiro atoms. The van der Waals surface area contributed by atoms with Gasteiger partial charge in [-0.15, -0.1) is 12.4 Å². The maximum atomic E-state index is 11.6. The fourth-order valence-corrected chi connectivity index (χ4v) is 2.65. The highest BCUT2D eigenvalue weighted by Crippen LogP contribution is 2.10. The van der Waals surface area contributed by atoms with E-state index in [4.69, 9.17) is 10.5 Å². The zero-order valence-corrected chi connectivity index (χ0v) is 16.2. The van der Waals surface area contributed by atoms with Crippen LogP contribution in [0.15, 0.2) is 30.3 Å². The Hall–Kier alpha value is -1.26. The van der Waals surface area contributed by atoms with E-state index in [1.54, 1.807) is 0 Å². The van der Waals surface area contributed by atoms with Crippen LogP contribution in [0.2, 0.25) is 0 Å². The lowest BCUT2D eigenvalue weighted by Crippen LogP contribution is -2.25. The van der Waals surface area contributed by atoms with Gasteiger partial charge in [0, 0.05) is 6.54 Å². The zero-order chi connectivity index (χ0) is 17.3. The number of unbranched alkanes of at least 4 members (excludes halogenated alkanes) is 9. The molecule has 0 fully saturated rings. The number of carbonyl (C=O) groups excluding carboxylic acids is 1. The summed E-state index contributed by atoms with van der Waals surface area (Å²) in [6, 6.07) is 9.73. The van der Waals surface area contributed by atoms with E-state index in [-0.39, 0.29) is 18.5 Å². The minimum atomic E-state index is -0.323. The highest BCUT2D eigenvalue weighted by Gasteiger charge is 2.01. The first kappa shape index (κ1) is 23.7. The molecule has 0 bridgehead atoms. The maximum Gasteiger partial charge on any atom is 0.407 e. The topological polar surface area (TPSA) is 64.3 Å². The van der Waals surface area contributed by atoms with E-state index in [1.165, 1.54) is 57.8 Å². The number of benzene rings is 1. The highest BCUT2D eigenvalue weighted by molar-refractivity contribution is 5.85. The standard InChI is InChI=1S/C20H34N2O2.ClH/c21-16-12-7-5-3-1-2-4-6-8-13-17-22-20(23)24-18-19-14-10-9-11-15-19;/h9-11,14-15H,1-8,12-13,16-18,21H2,(H,22,23);1H. The molecule has 0 aliphatic rings. The van der Waals surface area contributed by atoms with E-state index in [9.17, 15) is 4.79 Å². The van der Waals surface area contributed by atoms with Gasteiger partial charge >= 0.3 is 6.09 Å². The summed E-state index contributed by atoms with van der Waals surface area (Å²) in [5, 5.41) is 2.81. The molecule has 0 aliphatic carbocycles. The van der Waals surface area contributed by atoms with Crippen molar-refractivity contribution in [1.29, 1.82) is 0 Å². The molecule has 5 heteroatoms. The van der Waals surface area contributed by atoms with Gasteiger partial charge in [0.15, 0.2) is 0 Å². The predicted octanol–water partition coefficient (Wildman–Crippen LogP) is 5.19. The van der Waals surface area contributed by atoms with Crippen LogP contribution in [0, 0.1) is 0 Å². The molecule has 0 aromatic heterocycles. The molecule has 1 aromatic carbocycles. The summed E-state index contributed by atoms with van der Waals surface area (Å²) in [4.78, 5) is 11.6. The Morgan fingerprint density at radius 3 is 1.92 bits per heavy atom. The summed E-state index contributed by atoms with van der Waals surface area (Å²) in [5.74, 6) is 0. The third kappa shape index (κ3) is 14.8. The molecule has 0 heterocycles. The summed E-state index contributed by atoms with van der Waals surface area (Å²) in [7, 11) is 0. The molecule has 0 saturated carbocycles. The molecular formula is C20H35ClN2O2. The minimum absolute atomic E-state index is 0. The van der Waals surface area contributed by atoms with E-state index < -0.39 is 0 Å². The van der Waals surface area contributed by atoms with Gasteiger partial charge in [0.1, 0.15) is 6.61 Å². The van der Waals surface area contributed by atoms with Crippen molar-refractivity contribution in [3.63, 3.8) is 0 Å². The second kappa shape index (κ2) is 17.6. The van der Waals surface area contributed by atoms with Crippen LogP contribution in [0.25, 0.3) is 0 Å². The number of alkyl carbamates (subject to hydrolysis) is 1. The van der Waals surface area contributed by atoms with Crippen LogP contribution in [-0.2, 0) is 11.3 Å². The second-order valence-corrected chi connectivity index (χ2v) is 6.31. The van der Waals surface area contributed by atoms with Crippen LogP contribution in [0.5, 0.6) is 0 Å². The predicted molar refractivity (Wildman–Crippen MR) is 107 cm³/mol. The Morgan fingerprint density at radius 2 is 1.36 bits per heavy atom. The Morgan fingerprint density at radius 1 is 0.840 bits per heavy atom. The van der Waals surface area contributed by atoms with E-state index in [0.29, 0.717) is 13.2 Å². The van der Waals surface area contributed by atoms with Crippen molar-refractivity contribution in [3.8, 4) is 0 Å². The summed E-state index contributed by atoms with van der Waals surface area (Å²) < 4.78 is 5.17. The van der Waals surface area contributed by atoms with Crippen LogP contribution in [0.1, 0.15) is 69.8 Å². The van der Waals surface area contributed by atoms with Gasteiger partial charge in [-0.05, 0) is 24.9 Å². The van der Waals surface area contributed by atoms with Crippen LogP contribution in [0.3, 0.4) is 0 Å². The van der Waals surface area contributed by atoms with Crippen molar-refractivity contribution < 1.29 is 9.53 Å². The molecule has 4 nitrogen and oxygen atoms in total. The lowest BCUT2D eigenvalue weighted by atomic mass is 10.1. The third-order valence-corrected chi connectivity index (χ3v) is 4.11. The molecule has 0 unspecified atom stereocenters. The van der Waals surface area contributed by atoms with Crippen molar-refractivity contribution >= 4 is 18.5 Å². The SMILES string of the molecule is Cl.NCCCCCCCCCCCCNC(=O)OCc1ccccc1. The number of nitrogens with two attached hydrogens (primary N) is 1. The average Bonchev–Trinajstić information content (AvgIpc) is 2.62. The van der Waals surface area contributed by atoms with E-state index in [0.717, 1.165) is 18.5 Å². The quantitative estimate of drug-likeness (QED) is 0.442. The van der Waals surface area contributed by atoms with Gasteiger partial charge in [-0.2, -0.15) is 0 Å². The van der Waals surface area contributed by atoms with Crippen LogP contribution in [0.4, 0.5) is 4.79 Å². The van der Waals surface area contributed by atoms with Gasteiger partial charge in [0.25, 0.3) is 0 Å². The number of hydrogen-bond acceptors (Lipinski definition) is 3. The lowest BCUT2D eigenvalue weighted by molar-refractivity contribution is 0.139. The molecule has 1 amide bonds. The second-order valence-electron chi connectivity index (χ2n) is 6.31. The molecule has 0 saturated heterocycles. The molecule has 144 valence electrons. The van der Waals surface area contributed by atoms with Crippen LogP contribution < -0.4 is 11.1 Å². The molecule has 1 aromatic rings. The van der Waals surface area contributed by atoms with E-state index in [2.05, 4.69) is 5.32 Å². The Balaban J connectivity index is 0.00000576. The van der Waals surface area contributed by atoms with Gasteiger partial charge in [-0.25, -0.2) is 4.79 Å². The maximum absolute atomic E-state index is 11.6. The summed E-state index contributed by atoms with van der Waals surface area (Å²) in [5.41, 5.74) is 6.49. The monoisotopic (exact) mass is 370 g/mol. The van der Waals surface area contributed by atoms with Gasteiger partial charge in [-0.1, -0.05) is 81.7 Å². The van der Waals surface area contributed by atoms with Crippen molar-refractivity contribution in [2.24, 2.45) is 5.73 Å². The Bertz CT molecular complexity index is 415. The summed E-state index contributed by atoms with van der Waals surface area (Å²) in [6.45, 7) is 1.86. The van der Waals surface area contributed by atoms with Gasteiger partial charge in [0.05, 0.1) is 0 Å². The number of ether oxygens (including phenoxy) is 1. The lowest BCUT2D eigenvalue weighted by Gasteiger charge is -2.07. The fourth-order valence-electron chi connectivity index (χ4n) is 2.65. The van der Waals surface area contributed by atoms with Crippen molar-refractivity contribution in [3.05, 3.63) is 35.9 Å². The normalized spacial score (nSPS) is 10.1. The van der Waals surface area contributed by atoms with Crippen molar-refractivity contribution in [2.75, 3.05) is 13.1 Å². The van der Waals surface area contributed by atoms with Gasteiger partial charge in [-0.3, -0.25) is 0 Å². The number of nitrogens with one attached hydrogen (secondary N) is 1. The first-order valence-corrected chi connectivity index (χ1v) is 9.47. The van der Waals surface area contributed by atoms with E-state index in [1.807, 2.05) is 30.3 Å². The Kier molecular flexibility index (Phi) is 16.7. The van der Waals surface area contributed by atoms with Crippen LogP contribution >= 0.6 is 12.4 Å². The highest BCUT2D eigenvalue weighted by atomic mass is 35.5. The van der Waals surface area contributed by atoms with Crippen molar-refractivity contribution in [2.45, 2.75) is 70.8 Å². The number of rotatable bonds is 14. The van der Waals surface area contributed by atoms with Crippen LogP contribution in [-0.4, -0.2) is 19.2 Å². The van der Waals surface area contributed by atoms with Gasteiger partial charge in [0.2, 0.25) is 0 Å². The molecule has 0 radical (unpaired) electrons. The number of halogens is 1. The molecule has 3 N–H and O–H groups in total. The summed E-state index contributed by atoms with van der Waals surface area (Å²) >= 11 is 0. The van der Waals surface area contributed by atoms with Crippen molar-refractivity contribution in [1.82, 2.24) is 5.32 Å². The largest absolute Gasteiger partial charge is 0.445 e. The first-order chi connectivity index (χ1) is 11.8. The van der Waals surface area contributed by atoms with E-state index >= 15 is 0 Å². The fraction of sp³-hybridized carbons (Fsp3) is 0.650. The number of amides is 1. The molecule has 0 aliphatic heterocycles. The molecular weight excluding hydrogens is 336 g/mol. The molecule has 25 heavy (non-hydrogen) atoms. The number of carbonyl (C=O) groups is 1. The third-order valence-electron chi connectivity index (χ3n) is 4.11. The van der Waals surface area contributed by atoms with Gasteiger partial charge < -0.3 is 15.8 Å². The molecule has 0 atom stereocenters. The number of hydrogen-bond donors (Lipinski definition) is 2. The first-order valence-electron chi connectivity index (χ1n) is 9.47. The smallest absolute Gasteiger partial charge is 0.407 e. The molecule has 1 rings (SSSR count). The summed E-state index contributed by atoms with van der Waals surface area (Å²) in [6.07, 6.45) is 12.2. The zero-order valence-electron chi connectivity index (χ0n) is 15.4.